The number of carbonyl (C=O) groups is 1. The maximum atomic E-state index is 12.6. The first kappa shape index (κ1) is 15.1. The molecule has 4 rings (SSSR count). The fourth-order valence-electron chi connectivity index (χ4n) is 3.16. The summed E-state index contributed by atoms with van der Waals surface area (Å²) < 4.78 is 5.27. The molecule has 1 fully saturated rings. The maximum Gasteiger partial charge on any atom is 0.227 e. The number of aryl methyl sites for hydroxylation is 1. The van der Waals surface area contributed by atoms with Gasteiger partial charge in [0.05, 0.1) is 6.04 Å². The standard InChI is InChI=1S/C17H18N4O2S/c22-16(21-9-2-4-14(21)13-3-1-8-18-13)6-5-15-19-17(20-23-15)12-7-10-24-11-12/h1,3,7-8,10-11,14,18H,2,4-6,9H2/t14-/m0/s1. The molecule has 6 nitrogen and oxygen atoms in total. The molecule has 1 saturated heterocycles. The SMILES string of the molecule is O=C(CCc1nc(-c2ccsc2)no1)N1CCC[C@H]1c1ccc[nH]1. The van der Waals surface area contributed by atoms with Crippen molar-refractivity contribution in [1.29, 1.82) is 0 Å². The first-order chi connectivity index (χ1) is 11.8. The summed E-state index contributed by atoms with van der Waals surface area (Å²) in [6, 6.07) is 6.13. The summed E-state index contributed by atoms with van der Waals surface area (Å²) in [4.78, 5) is 22.1. The van der Waals surface area contributed by atoms with E-state index in [-0.39, 0.29) is 11.9 Å². The van der Waals surface area contributed by atoms with Crippen LogP contribution in [0.15, 0.2) is 39.7 Å². The maximum absolute atomic E-state index is 12.6. The summed E-state index contributed by atoms with van der Waals surface area (Å²) in [5.74, 6) is 1.24. The van der Waals surface area contributed by atoms with Crippen molar-refractivity contribution < 1.29 is 9.32 Å². The van der Waals surface area contributed by atoms with Gasteiger partial charge in [-0.1, -0.05) is 5.16 Å². The van der Waals surface area contributed by atoms with Crippen molar-refractivity contribution in [1.82, 2.24) is 20.0 Å². The van der Waals surface area contributed by atoms with Gasteiger partial charge in [0.1, 0.15) is 0 Å². The average Bonchev–Trinajstić information content (AvgIpc) is 3.40. The van der Waals surface area contributed by atoms with Gasteiger partial charge in [0.25, 0.3) is 0 Å². The second-order valence-electron chi connectivity index (χ2n) is 5.89. The van der Waals surface area contributed by atoms with Crippen LogP contribution in [0.5, 0.6) is 0 Å². The molecule has 0 aliphatic carbocycles. The predicted molar refractivity (Wildman–Crippen MR) is 90.4 cm³/mol. The summed E-state index contributed by atoms with van der Waals surface area (Å²) in [6.45, 7) is 0.812. The first-order valence-electron chi connectivity index (χ1n) is 8.09. The van der Waals surface area contributed by atoms with Gasteiger partial charge in [0.15, 0.2) is 0 Å². The van der Waals surface area contributed by atoms with E-state index in [1.54, 1.807) is 11.3 Å². The minimum Gasteiger partial charge on any atom is -0.363 e. The summed E-state index contributed by atoms with van der Waals surface area (Å²) >= 11 is 1.59. The number of carbonyl (C=O) groups excluding carboxylic acids is 1. The van der Waals surface area contributed by atoms with Gasteiger partial charge in [-0.25, -0.2) is 0 Å². The molecule has 0 bridgehead atoms. The number of nitrogens with one attached hydrogen (secondary N) is 1. The molecule has 1 aliphatic rings. The van der Waals surface area contributed by atoms with E-state index in [0.29, 0.717) is 24.6 Å². The molecule has 4 heterocycles. The second kappa shape index (κ2) is 6.60. The van der Waals surface area contributed by atoms with Gasteiger partial charge in [-0.2, -0.15) is 16.3 Å². The first-order valence-corrected chi connectivity index (χ1v) is 9.03. The van der Waals surface area contributed by atoms with E-state index in [0.717, 1.165) is 30.6 Å². The van der Waals surface area contributed by atoms with Crippen LogP contribution in [0.3, 0.4) is 0 Å². The molecule has 0 spiro atoms. The van der Waals surface area contributed by atoms with E-state index in [4.69, 9.17) is 4.52 Å². The van der Waals surface area contributed by atoms with Crippen molar-refractivity contribution >= 4 is 17.2 Å². The number of rotatable bonds is 5. The highest BCUT2D eigenvalue weighted by Gasteiger charge is 2.30. The highest BCUT2D eigenvalue weighted by Crippen LogP contribution is 2.31. The van der Waals surface area contributed by atoms with Crippen LogP contribution in [-0.4, -0.2) is 32.5 Å². The zero-order chi connectivity index (χ0) is 16.4. The Morgan fingerprint density at radius 3 is 3.21 bits per heavy atom. The molecule has 24 heavy (non-hydrogen) atoms. The van der Waals surface area contributed by atoms with Crippen molar-refractivity contribution in [3.63, 3.8) is 0 Å². The van der Waals surface area contributed by atoms with Crippen LogP contribution in [0.4, 0.5) is 0 Å². The third-order valence-corrected chi connectivity index (χ3v) is 5.04. The molecule has 0 unspecified atom stereocenters. The van der Waals surface area contributed by atoms with E-state index < -0.39 is 0 Å². The lowest BCUT2D eigenvalue weighted by molar-refractivity contribution is -0.132. The van der Waals surface area contributed by atoms with Crippen molar-refractivity contribution in [3.8, 4) is 11.4 Å². The van der Waals surface area contributed by atoms with Crippen LogP contribution in [-0.2, 0) is 11.2 Å². The Morgan fingerprint density at radius 1 is 1.46 bits per heavy atom. The van der Waals surface area contributed by atoms with E-state index in [9.17, 15) is 4.79 Å². The van der Waals surface area contributed by atoms with Crippen LogP contribution in [0.2, 0.25) is 0 Å². The van der Waals surface area contributed by atoms with E-state index in [1.165, 1.54) is 0 Å². The number of likely N-dealkylation sites (tertiary alicyclic amines) is 1. The van der Waals surface area contributed by atoms with Crippen LogP contribution in [0, 0.1) is 0 Å². The van der Waals surface area contributed by atoms with Gasteiger partial charge < -0.3 is 14.4 Å². The lowest BCUT2D eigenvalue weighted by Crippen LogP contribution is -2.30. The normalized spacial score (nSPS) is 17.5. The van der Waals surface area contributed by atoms with E-state index in [2.05, 4.69) is 15.1 Å². The summed E-state index contributed by atoms with van der Waals surface area (Å²) in [6.07, 6.45) is 4.82. The molecule has 7 heteroatoms. The predicted octanol–water partition coefficient (Wildman–Crippen LogP) is 3.42. The minimum absolute atomic E-state index is 0.141. The Bertz CT molecular complexity index is 795. The third-order valence-electron chi connectivity index (χ3n) is 4.35. The molecule has 0 radical (unpaired) electrons. The van der Waals surface area contributed by atoms with Crippen LogP contribution in [0.1, 0.15) is 36.9 Å². The largest absolute Gasteiger partial charge is 0.363 e. The van der Waals surface area contributed by atoms with E-state index in [1.807, 2.05) is 40.1 Å². The second-order valence-corrected chi connectivity index (χ2v) is 6.67. The van der Waals surface area contributed by atoms with Crippen LogP contribution < -0.4 is 0 Å². The Hall–Kier alpha value is -2.41. The molecule has 1 atom stereocenters. The van der Waals surface area contributed by atoms with Crippen molar-refractivity contribution in [2.75, 3.05) is 6.54 Å². The number of thiophene rings is 1. The van der Waals surface area contributed by atoms with Gasteiger partial charge in [-0.05, 0) is 36.4 Å². The van der Waals surface area contributed by atoms with Gasteiger partial charge in [-0.3, -0.25) is 4.79 Å². The summed E-state index contributed by atoms with van der Waals surface area (Å²) in [5.41, 5.74) is 2.06. The number of aromatic nitrogens is 3. The molecule has 124 valence electrons. The highest BCUT2D eigenvalue weighted by molar-refractivity contribution is 7.08. The Kier molecular flexibility index (Phi) is 4.17. The fourth-order valence-corrected chi connectivity index (χ4v) is 3.80. The fraction of sp³-hybridized carbons (Fsp3) is 0.353. The Morgan fingerprint density at radius 2 is 2.42 bits per heavy atom. The molecule has 0 aromatic carbocycles. The van der Waals surface area contributed by atoms with Crippen molar-refractivity contribution in [2.45, 2.75) is 31.7 Å². The molecule has 0 saturated carbocycles. The molecule has 3 aromatic rings. The molecular weight excluding hydrogens is 324 g/mol. The summed E-state index contributed by atoms with van der Waals surface area (Å²) in [7, 11) is 0. The lowest BCUT2D eigenvalue weighted by atomic mass is 10.1. The highest BCUT2D eigenvalue weighted by atomic mass is 32.1. The summed E-state index contributed by atoms with van der Waals surface area (Å²) in [5, 5.41) is 7.93. The van der Waals surface area contributed by atoms with Crippen molar-refractivity contribution in [2.24, 2.45) is 0 Å². The number of nitrogens with zero attached hydrogens (tertiary/aromatic N) is 3. The smallest absolute Gasteiger partial charge is 0.227 e. The van der Waals surface area contributed by atoms with Crippen LogP contribution in [0.25, 0.3) is 11.4 Å². The number of aromatic amines is 1. The quantitative estimate of drug-likeness (QED) is 0.771. The number of hydrogen-bond donors (Lipinski definition) is 1. The number of hydrogen-bond acceptors (Lipinski definition) is 5. The zero-order valence-corrected chi connectivity index (χ0v) is 14.0. The van der Waals surface area contributed by atoms with Gasteiger partial charge >= 0.3 is 0 Å². The zero-order valence-electron chi connectivity index (χ0n) is 13.1. The van der Waals surface area contributed by atoms with E-state index >= 15 is 0 Å². The number of H-pyrrole nitrogens is 1. The topological polar surface area (TPSA) is 75.0 Å². The molecule has 1 N–H and O–H groups in total. The monoisotopic (exact) mass is 342 g/mol. The Balaban J connectivity index is 1.38. The van der Waals surface area contributed by atoms with Gasteiger partial charge in [0, 0.05) is 42.2 Å². The van der Waals surface area contributed by atoms with Gasteiger partial charge in [0.2, 0.25) is 17.6 Å². The molecular formula is C17H18N4O2S. The van der Waals surface area contributed by atoms with Crippen LogP contribution >= 0.6 is 11.3 Å². The third kappa shape index (κ3) is 2.99. The minimum atomic E-state index is 0.141. The average molecular weight is 342 g/mol. The van der Waals surface area contributed by atoms with Gasteiger partial charge in [-0.15, -0.1) is 0 Å². The Labute approximate surface area is 143 Å². The number of amides is 1. The lowest BCUT2D eigenvalue weighted by Gasteiger charge is -2.23. The molecule has 3 aromatic heterocycles. The van der Waals surface area contributed by atoms with Crippen molar-refractivity contribution in [3.05, 3.63) is 46.7 Å². The molecule has 1 aliphatic heterocycles. The molecule has 1 amide bonds.